The lowest BCUT2D eigenvalue weighted by Gasteiger charge is -2.19. The summed E-state index contributed by atoms with van der Waals surface area (Å²) in [6.07, 6.45) is 5.28. The summed E-state index contributed by atoms with van der Waals surface area (Å²) in [5, 5.41) is 5.69. The topological polar surface area (TPSA) is 94.5 Å². The number of benzene rings is 2. The smallest absolute Gasteiger partial charge is 0.255 e. The highest BCUT2D eigenvalue weighted by Gasteiger charge is 2.29. The van der Waals surface area contributed by atoms with Crippen LogP contribution in [0.4, 0.5) is 11.5 Å². The molecule has 2 aliphatic rings. The number of nitrogens with zero attached hydrogens (tertiary/aromatic N) is 2. The summed E-state index contributed by atoms with van der Waals surface area (Å²) in [5.41, 5.74) is 2.00. The third-order valence-electron chi connectivity index (χ3n) is 5.01. The van der Waals surface area contributed by atoms with Crippen molar-refractivity contribution in [2.75, 3.05) is 23.8 Å². The van der Waals surface area contributed by atoms with Gasteiger partial charge in [0.05, 0.1) is 6.20 Å². The molecular weight excluding hydrogens is 384 g/mol. The second-order valence-corrected chi connectivity index (χ2v) is 7.29. The van der Waals surface area contributed by atoms with Gasteiger partial charge in [-0.15, -0.1) is 0 Å². The Labute approximate surface area is 172 Å². The fourth-order valence-electron chi connectivity index (χ4n) is 3.21. The van der Waals surface area contributed by atoms with E-state index in [1.54, 1.807) is 47.4 Å². The van der Waals surface area contributed by atoms with Crippen molar-refractivity contribution in [3.63, 3.8) is 0 Å². The molecule has 1 aliphatic carbocycles. The first kappa shape index (κ1) is 18.2. The van der Waals surface area contributed by atoms with Crippen molar-refractivity contribution in [1.82, 2.24) is 9.55 Å². The number of carbonyl (C=O) groups is 2. The zero-order valence-electron chi connectivity index (χ0n) is 16.1. The maximum absolute atomic E-state index is 12.6. The van der Waals surface area contributed by atoms with Crippen LogP contribution in [0.3, 0.4) is 0 Å². The van der Waals surface area contributed by atoms with Gasteiger partial charge in [0.1, 0.15) is 19.5 Å². The number of anilines is 2. The first-order chi connectivity index (χ1) is 14.7. The Morgan fingerprint density at radius 1 is 0.967 bits per heavy atom. The molecule has 2 heterocycles. The zero-order valence-corrected chi connectivity index (χ0v) is 16.1. The van der Waals surface area contributed by atoms with Crippen LogP contribution >= 0.6 is 0 Å². The van der Waals surface area contributed by atoms with Gasteiger partial charge in [-0.2, -0.15) is 0 Å². The predicted molar refractivity (Wildman–Crippen MR) is 110 cm³/mol. The summed E-state index contributed by atoms with van der Waals surface area (Å²) in [4.78, 5) is 28.6. The molecule has 2 N–H and O–H groups in total. The Balaban J connectivity index is 1.25. The molecule has 0 spiro atoms. The highest BCUT2D eigenvalue weighted by atomic mass is 16.6. The van der Waals surface area contributed by atoms with Crippen molar-refractivity contribution in [2.45, 2.75) is 12.8 Å². The summed E-state index contributed by atoms with van der Waals surface area (Å²) < 4.78 is 12.8. The minimum absolute atomic E-state index is 0.0198. The van der Waals surface area contributed by atoms with E-state index in [0.29, 0.717) is 41.8 Å². The summed E-state index contributed by atoms with van der Waals surface area (Å²) in [6.45, 7) is 1.02. The molecule has 1 saturated carbocycles. The van der Waals surface area contributed by atoms with E-state index in [9.17, 15) is 9.59 Å². The predicted octanol–water partition coefficient (Wildman–Crippen LogP) is 3.24. The summed E-state index contributed by atoms with van der Waals surface area (Å²) in [7, 11) is 0. The molecule has 152 valence electrons. The fourth-order valence-corrected chi connectivity index (χ4v) is 3.21. The van der Waals surface area contributed by atoms with Crippen molar-refractivity contribution in [3.05, 3.63) is 60.6 Å². The molecule has 0 unspecified atom stereocenters. The molecule has 3 aromatic rings. The molecule has 8 heteroatoms. The van der Waals surface area contributed by atoms with E-state index in [4.69, 9.17) is 9.47 Å². The third kappa shape index (κ3) is 3.84. The first-order valence-electron chi connectivity index (χ1n) is 9.82. The number of carbonyl (C=O) groups excluding carboxylic acids is 2. The van der Waals surface area contributed by atoms with Gasteiger partial charge < -0.3 is 24.7 Å². The third-order valence-corrected chi connectivity index (χ3v) is 5.01. The van der Waals surface area contributed by atoms with E-state index in [0.717, 1.165) is 18.5 Å². The van der Waals surface area contributed by atoms with Crippen LogP contribution in [0.5, 0.6) is 11.5 Å². The van der Waals surface area contributed by atoms with Gasteiger partial charge in [0.2, 0.25) is 5.91 Å². The Hall–Kier alpha value is -3.81. The standard InChI is InChI=1S/C22H20N4O4/c27-21(24-16-5-8-18-19(11-16)30-10-9-29-18)15-3-6-17(7-4-15)26-12-20(23-13-26)25-22(28)14-1-2-14/h3-8,11-14H,1-2,9-10H2,(H,24,27)(H,25,28). The quantitative estimate of drug-likeness (QED) is 0.681. The molecular formula is C22H20N4O4. The number of ether oxygens (including phenoxy) is 2. The molecule has 2 amide bonds. The van der Waals surface area contributed by atoms with E-state index in [2.05, 4.69) is 15.6 Å². The molecule has 0 atom stereocenters. The molecule has 2 aromatic carbocycles. The van der Waals surface area contributed by atoms with Gasteiger partial charge in [-0.3, -0.25) is 9.59 Å². The van der Waals surface area contributed by atoms with Crippen molar-refractivity contribution < 1.29 is 19.1 Å². The number of imidazole rings is 1. The Morgan fingerprint density at radius 2 is 1.73 bits per heavy atom. The van der Waals surface area contributed by atoms with Crippen molar-refractivity contribution in [2.24, 2.45) is 5.92 Å². The molecule has 1 aromatic heterocycles. The number of amides is 2. The number of nitrogens with one attached hydrogen (secondary N) is 2. The summed E-state index contributed by atoms with van der Waals surface area (Å²) >= 11 is 0. The molecule has 0 saturated heterocycles. The number of hydrogen-bond acceptors (Lipinski definition) is 5. The number of fused-ring (bicyclic) bond motifs is 1. The maximum Gasteiger partial charge on any atom is 0.255 e. The Morgan fingerprint density at radius 3 is 2.50 bits per heavy atom. The molecule has 5 rings (SSSR count). The van der Waals surface area contributed by atoms with Crippen LogP contribution in [0.2, 0.25) is 0 Å². The highest BCUT2D eigenvalue weighted by molar-refractivity contribution is 6.04. The second kappa shape index (κ2) is 7.55. The van der Waals surface area contributed by atoms with Crippen molar-refractivity contribution >= 4 is 23.3 Å². The monoisotopic (exact) mass is 404 g/mol. The van der Waals surface area contributed by atoms with Gasteiger partial charge in [0.15, 0.2) is 17.3 Å². The van der Waals surface area contributed by atoms with Crippen LogP contribution in [0.15, 0.2) is 55.0 Å². The molecule has 1 fully saturated rings. The summed E-state index contributed by atoms with van der Waals surface area (Å²) in [6, 6.07) is 12.5. The Bertz CT molecular complexity index is 1100. The average molecular weight is 404 g/mol. The van der Waals surface area contributed by atoms with E-state index < -0.39 is 0 Å². The first-order valence-corrected chi connectivity index (χ1v) is 9.82. The molecule has 8 nitrogen and oxygen atoms in total. The minimum Gasteiger partial charge on any atom is -0.486 e. The van der Waals surface area contributed by atoms with Crippen LogP contribution in [0.1, 0.15) is 23.2 Å². The van der Waals surface area contributed by atoms with Crippen molar-refractivity contribution in [3.8, 4) is 17.2 Å². The molecule has 30 heavy (non-hydrogen) atoms. The lowest BCUT2D eigenvalue weighted by Crippen LogP contribution is -2.16. The zero-order chi connectivity index (χ0) is 20.5. The van der Waals surface area contributed by atoms with Gasteiger partial charge in [-0.05, 0) is 49.2 Å². The van der Waals surface area contributed by atoms with Crippen LogP contribution in [-0.4, -0.2) is 34.6 Å². The van der Waals surface area contributed by atoms with Gasteiger partial charge >= 0.3 is 0 Å². The number of hydrogen-bond donors (Lipinski definition) is 2. The van der Waals surface area contributed by atoms with Crippen molar-refractivity contribution in [1.29, 1.82) is 0 Å². The van der Waals surface area contributed by atoms with E-state index in [-0.39, 0.29) is 17.7 Å². The Kier molecular flexibility index (Phi) is 4.59. The van der Waals surface area contributed by atoms with Gasteiger partial charge in [0, 0.05) is 28.9 Å². The van der Waals surface area contributed by atoms with E-state index >= 15 is 0 Å². The van der Waals surface area contributed by atoms with Crippen LogP contribution in [0.25, 0.3) is 5.69 Å². The largest absolute Gasteiger partial charge is 0.486 e. The normalized spacial score (nSPS) is 14.8. The van der Waals surface area contributed by atoms with Gasteiger partial charge in [-0.25, -0.2) is 4.98 Å². The fraction of sp³-hybridized carbons (Fsp3) is 0.227. The SMILES string of the molecule is O=C(Nc1ccc2c(c1)OCCO2)c1ccc(-n2cnc(NC(=O)C3CC3)c2)cc1. The highest BCUT2D eigenvalue weighted by Crippen LogP contribution is 2.33. The average Bonchev–Trinajstić information content (AvgIpc) is 3.53. The van der Waals surface area contributed by atoms with Crippen LogP contribution in [0, 0.1) is 5.92 Å². The van der Waals surface area contributed by atoms with Crippen LogP contribution in [-0.2, 0) is 4.79 Å². The van der Waals surface area contributed by atoms with Gasteiger partial charge in [0.25, 0.3) is 5.91 Å². The number of rotatable bonds is 5. The number of aromatic nitrogens is 2. The lowest BCUT2D eigenvalue weighted by atomic mass is 10.2. The minimum atomic E-state index is -0.221. The van der Waals surface area contributed by atoms with Gasteiger partial charge in [-0.1, -0.05) is 0 Å². The molecule has 0 radical (unpaired) electrons. The van der Waals surface area contributed by atoms with E-state index in [1.165, 1.54) is 0 Å². The lowest BCUT2D eigenvalue weighted by molar-refractivity contribution is -0.117. The molecule has 0 bridgehead atoms. The summed E-state index contributed by atoms with van der Waals surface area (Å²) in [5.74, 6) is 1.75. The second-order valence-electron chi connectivity index (χ2n) is 7.29. The maximum atomic E-state index is 12.6. The van der Waals surface area contributed by atoms with E-state index in [1.807, 2.05) is 12.1 Å². The molecule has 1 aliphatic heterocycles. The van der Waals surface area contributed by atoms with Crippen LogP contribution < -0.4 is 20.1 Å².